The number of nitrogens with zero attached hydrogens (tertiary/aromatic N) is 4. The molecule has 0 bridgehead atoms. The molecule has 1 aliphatic rings. The average Bonchev–Trinajstić information content (AvgIpc) is 3.39. The van der Waals surface area contributed by atoms with Gasteiger partial charge < -0.3 is 19.6 Å². The molecule has 30 heavy (non-hydrogen) atoms. The van der Waals surface area contributed by atoms with E-state index in [4.69, 9.17) is 4.52 Å². The molecule has 8 heteroatoms. The first-order valence-corrected chi connectivity index (χ1v) is 9.81. The van der Waals surface area contributed by atoms with E-state index in [-0.39, 0.29) is 18.2 Å². The van der Waals surface area contributed by atoms with Crippen molar-refractivity contribution in [1.29, 1.82) is 0 Å². The van der Waals surface area contributed by atoms with Gasteiger partial charge in [-0.05, 0) is 41.4 Å². The molecule has 1 aliphatic heterocycles. The average molecular weight is 405 g/mol. The van der Waals surface area contributed by atoms with E-state index in [2.05, 4.69) is 15.5 Å². The van der Waals surface area contributed by atoms with E-state index in [1.54, 1.807) is 34.1 Å². The minimum Gasteiger partial charge on any atom is -0.344 e. The van der Waals surface area contributed by atoms with E-state index in [0.717, 1.165) is 12.1 Å². The van der Waals surface area contributed by atoms with Crippen LogP contribution in [0.15, 0.2) is 53.1 Å². The number of aromatic nitrogens is 2. The predicted molar refractivity (Wildman–Crippen MR) is 114 cm³/mol. The number of hydrogen-bond donors (Lipinski definition) is 1. The van der Waals surface area contributed by atoms with Crippen molar-refractivity contribution in [2.24, 2.45) is 0 Å². The molecule has 2 aromatic carbocycles. The summed E-state index contributed by atoms with van der Waals surface area (Å²) in [5, 5.41) is 6.67. The lowest BCUT2D eigenvalue weighted by molar-refractivity contribution is -0.116. The summed E-state index contributed by atoms with van der Waals surface area (Å²) in [4.78, 5) is 33.0. The molecule has 2 heterocycles. The van der Waals surface area contributed by atoms with Gasteiger partial charge in [0.1, 0.15) is 0 Å². The minimum atomic E-state index is -0.185. The van der Waals surface area contributed by atoms with Crippen molar-refractivity contribution in [3.63, 3.8) is 0 Å². The molecule has 2 amide bonds. The Morgan fingerprint density at radius 3 is 2.80 bits per heavy atom. The smallest absolute Gasteiger partial charge is 0.265 e. The van der Waals surface area contributed by atoms with Crippen molar-refractivity contribution in [3.8, 4) is 0 Å². The van der Waals surface area contributed by atoms with Crippen LogP contribution < -0.4 is 15.1 Å². The number of carbonyl (C=O) groups excluding carboxylic acids is 2. The molecule has 0 aliphatic carbocycles. The molecule has 8 nitrogen and oxygen atoms in total. The zero-order valence-corrected chi connectivity index (χ0v) is 17.0. The molecule has 0 unspecified atom stereocenters. The van der Waals surface area contributed by atoms with Crippen LogP contribution in [0.1, 0.15) is 28.2 Å². The molecule has 0 fully saturated rings. The Balaban J connectivity index is 1.38. The van der Waals surface area contributed by atoms with Gasteiger partial charge >= 0.3 is 0 Å². The van der Waals surface area contributed by atoms with Crippen LogP contribution in [-0.2, 0) is 17.6 Å². The first-order chi connectivity index (χ1) is 14.5. The zero-order chi connectivity index (χ0) is 21.1. The van der Waals surface area contributed by atoms with Gasteiger partial charge in [0.15, 0.2) is 0 Å². The van der Waals surface area contributed by atoms with Gasteiger partial charge in [-0.15, -0.1) is 0 Å². The molecule has 1 aromatic heterocycles. The number of hydrogen-bond acceptors (Lipinski definition) is 6. The third kappa shape index (κ3) is 4.17. The SMILES string of the molecule is CN(C)c1noc(CCC(=O)Nc2cccc(C(=O)N3CCc4ccccc43)c2)n1. The van der Waals surface area contributed by atoms with Gasteiger partial charge in [-0.2, -0.15) is 4.98 Å². The molecular weight excluding hydrogens is 382 g/mol. The highest BCUT2D eigenvalue weighted by atomic mass is 16.5. The molecule has 0 saturated carbocycles. The van der Waals surface area contributed by atoms with Crippen LogP contribution in [0, 0.1) is 0 Å². The van der Waals surface area contributed by atoms with E-state index in [1.165, 1.54) is 5.56 Å². The summed E-state index contributed by atoms with van der Waals surface area (Å²) in [6, 6.07) is 14.9. The molecule has 4 rings (SSSR count). The monoisotopic (exact) mass is 405 g/mol. The highest BCUT2D eigenvalue weighted by Crippen LogP contribution is 2.29. The van der Waals surface area contributed by atoms with E-state index >= 15 is 0 Å². The number of anilines is 3. The normalized spacial score (nSPS) is 12.5. The Labute approximate surface area is 174 Å². The highest BCUT2D eigenvalue weighted by molar-refractivity contribution is 6.08. The van der Waals surface area contributed by atoms with Gasteiger partial charge in [-0.3, -0.25) is 9.59 Å². The van der Waals surface area contributed by atoms with Crippen LogP contribution in [0.2, 0.25) is 0 Å². The van der Waals surface area contributed by atoms with Crippen LogP contribution >= 0.6 is 0 Å². The summed E-state index contributed by atoms with van der Waals surface area (Å²) in [6.45, 7) is 0.661. The lowest BCUT2D eigenvalue weighted by Crippen LogP contribution is -2.28. The molecule has 3 aromatic rings. The van der Waals surface area contributed by atoms with Gasteiger partial charge in [0.2, 0.25) is 11.8 Å². The van der Waals surface area contributed by atoms with Gasteiger partial charge in [-0.25, -0.2) is 0 Å². The second-order valence-electron chi connectivity index (χ2n) is 7.35. The predicted octanol–water partition coefficient (Wildman–Crippen LogP) is 2.91. The van der Waals surface area contributed by atoms with Crippen LogP contribution in [0.4, 0.5) is 17.3 Å². The third-order valence-corrected chi connectivity index (χ3v) is 4.95. The number of carbonyl (C=O) groups is 2. The van der Waals surface area contributed by atoms with Crippen molar-refractivity contribution in [3.05, 3.63) is 65.5 Å². The third-order valence-electron chi connectivity index (χ3n) is 4.95. The minimum absolute atomic E-state index is 0.0712. The fourth-order valence-electron chi connectivity index (χ4n) is 3.41. The van der Waals surface area contributed by atoms with E-state index in [0.29, 0.717) is 36.1 Å². The van der Waals surface area contributed by atoms with E-state index < -0.39 is 0 Å². The largest absolute Gasteiger partial charge is 0.344 e. The molecule has 0 atom stereocenters. The van der Waals surface area contributed by atoms with Gasteiger partial charge in [0.25, 0.3) is 11.9 Å². The lowest BCUT2D eigenvalue weighted by atomic mass is 10.1. The summed E-state index contributed by atoms with van der Waals surface area (Å²) in [5.74, 6) is 0.624. The van der Waals surface area contributed by atoms with Gasteiger partial charge in [0.05, 0.1) is 0 Å². The van der Waals surface area contributed by atoms with E-state index in [1.807, 2.05) is 38.4 Å². The maximum atomic E-state index is 13.0. The number of fused-ring (bicyclic) bond motifs is 1. The Hall–Kier alpha value is -3.68. The number of aryl methyl sites for hydroxylation is 1. The summed E-state index contributed by atoms with van der Waals surface area (Å²) < 4.78 is 5.13. The molecule has 0 saturated heterocycles. The first-order valence-electron chi connectivity index (χ1n) is 9.81. The standard InChI is InChI=1S/C22H23N5O3/c1-26(2)22-24-20(30-25-22)11-10-19(28)23-17-8-5-7-16(14-17)21(29)27-13-12-15-6-3-4-9-18(15)27/h3-9,14H,10-13H2,1-2H3,(H,23,28). The molecule has 0 radical (unpaired) electrons. The molecule has 154 valence electrons. The summed E-state index contributed by atoms with van der Waals surface area (Å²) in [6.07, 6.45) is 1.39. The van der Waals surface area contributed by atoms with Crippen molar-refractivity contribution < 1.29 is 14.1 Å². The van der Waals surface area contributed by atoms with Crippen molar-refractivity contribution in [1.82, 2.24) is 10.1 Å². The Bertz CT molecular complexity index is 1080. The second-order valence-corrected chi connectivity index (χ2v) is 7.35. The van der Waals surface area contributed by atoms with Crippen molar-refractivity contribution >= 4 is 29.1 Å². The number of para-hydroxylation sites is 1. The summed E-state index contributed by atoms with van der Waals surface area (Å²) in [7, 11) is 3.63. The van der Waals surface area contributed by atoms with Crippen molar-refractivity contribution in [2.45, 2.75) is 19.3 Å². The van der Waals surface area contributed by atoms with Crippen LogP contribution in [0.5, 0.6) is 0 Å². The fraction of sp³-hybridized carbons (Fsp3) is 0.273. The van der Waals surface area contributed by atoms with E-state index in [9.17, 15) is 9.59 Å². The Kier molecular flexibility index (Phi) is 5.47. The van der Waals surface area contributed by atoms with Crippen molar-refractivity contribution in [2.75, 3.05) is 35.8 Å². The summed E-state index contributed by atoms with van der Waals surface area (Å²) in [5.41, 5.74) is 3.25. The number of nitrogens with one attached hydrogen (secondary N) is 1. The van der Waals surface area contributed by atoms with Gasteiger partial charge in [-0.1, -0.05) is 24.3 Å². The maximum absolute atomic E-state index is 13.0. The Morgan fingerprint density at radius 1 is 1.17 bits per heavy atom. The maximum Gasteiger partial charge on any atom is 0.265 e. The Morgan fingerprint density at radius 2 is 2.00 bits per heavy atom. The highest BCUT2D eigenvalue weighted by Gasteiger charge is 2.25. The molecule has 0 spiro atoms. The number of rotatable bonds is 6. The van der Waals surface area contributed by atoms with Crippen LogP contribution in [-0.4, -0.2) is 42.6 Å². The first kappa shape index (κ1) is 19.6. The zero-order valence-electron chi connectivity index (χ0n) is 17.0. The lowest BCUT2D eigenvalue weighted by Gasteiger charge is -2.18. The second kappa shape index (κ2) is 8.36. The molecular formula is C22H23N5O3. The van der Waals surface area contributed by atoms with Crippen LogP contribution in [0.25, 0.3) is 0 Å². The van der Waals surface area contributed by atoms with Crippen LogP contribution in [0.3, 0.4) is 0 Å². The number of benzene rings is 2. The van der Waals surface area contributed by atoms with Gasteiger partial charge in [0, 0.05) is 50.4 Å². The quantitative estimate of drug-likeness (QED) is 0.678. The fourth-order valence-corrected chi connectivity index (χ4v) is 3.41. The number of amides is 2. The topological polar surface area (TPSA) is 91.6 Å². The summed E-state index contributed by atoms with van der Waals surface area (Å²) >= 11 is 0. The molecule has 1 N–H and O–H groups in total.